The molecule has 1 aromatic carbocycles. The number of hydrogen-bond donors (Lipinski definition) is 2. The molecule has 1 aromatic rings. The number of benzene rings is 1. The van der Waals surface area contributed by atoms with Crippen LogP contribution in [0.2, 0.25) is 0 Å². The van der Waals surface area contributed by atoms with E-state index in [1.54, 1.807) is 14.0 Å². The maximum Gasteiger partial charge on any atom is 0.310 e. The number of carbonyl (C=O) groups is 2. The van der Waals surface area contributed by atoms with Crippen molar-refractivity contribution < 1.29 is 14.7 Å². The van der Waals surface area contributed by atoms with Crippen molar-refractivity contribution in [1.29, 1.82) is 0 Å². The number of hydrogen-bond acceptors (Lipinski definition) is 3. The number of aliphatic carboxylic acids is 1. The summed E-state index contributed by atoms with van der Waals surface area (Å²) in [5.41, 5.74) is 1.90. The fourth-order valence-electron chi connectivity index (χ4n) is 2.23. The average molecular weight is 292 g/mol. The molecule has 0 bridgehead atoms. The molecule has 1 amide bonds. The van der Waals surface area contributed by atoms with E-state index in [1.807, 2.05) is 38.2 Å². The summed E-state index contributed by atoms with van der Waals surface area (Å²) < 4.78 is 0. The summed E-state index contributed by atoms with van der Waals surface area (Å²) in [6.07, 6.45) is 0. The summed E-state index contributed by atoms with van der Waals surface area (Å²) in [6.45, 7) is 4.97. The molecule has 0 fully saturated rings. The monoisotopic (exact) mass is 292 g/mol. The Bertz CT molecular complexity index is 485. The summed E-state index contributed by atoms with van der Waals surface area (Å²) in [7, 11) is 3.61. The van der Waals surface area contributed by atoms with Crippen LogP contribution in [0.4, 0.5) is 0 Å². The zero-order chi connectivity index (χ0) is 16.0. The van der Waals surface area contributed by atoms with Crippen molar-refractivity contribution in [2.75, 3.05) is 20.6 Å². The van der Waals surface area contributed by atoms with Gasteiger partial charge in [0.25, 0.3) is 0 Å². The minimum Gasteiger partial charge on any atom is -0.481 e. The molecule has 0 aliphatic carbocycles. The molecule has 0 radical (unpaired) electrons. The standard InChI is InChI=1S/C16H24N2O3/c1-11(15(19)17-3)9-18(4)10-13-5-7-14(8-6-13)12(2)16(20)21/h5-8,11-12H,9-10H2,1-4H3,(H,17,19)(H,20,21). The Morgan fingerprint density at radius 1 is 1.24 bits per heavy atom. The molecule has 2 unspecified atom stereocenters. The lowest BCUT2D eigenvalue weighted by Gasteiger charge is -2.20. The molecule has 0 aromatic heterocycles. The number of nitrogens with one attached hydrogen (secondary N) is 1. The van der Waals surface area contributed by atoms with E-state index >= 15 is 0 Å². The summed E-state index contributed by atoms with van der Waals surface area (Å²) in [5, 5.41) is 11.6. The van der Waals surface area contributed by atoms with Crippen molar-refractivity contribution in [2.45, 2.75) is 26.3 Å². The van der Waals surface area contributed by atoms with Gasteiger partial charge >= 0.3 is 5.97 Å². The van der Waals surface area contributed by atoms with Crippen molar-refractivity contribution in [2.24, 2.45) is 5.92 Å². The molecular weight excluding hydrogens is 268 g/mol. The van der Waals surface area contributed by atoms with E-state index in [1.165, 1.54) is 0 Å². The van der Waals surface area contributed by atoms with Crippen LogP contribution >= 0.6 is 0 Å². The van der Waals surface area contributed by atoms with Crippen LogP contribution in [0.15, 0.2) is 24.3 Å². The number of carbonyl (C=O) groups excluding carboxylic acids is 1. The first-order valence-electron chi connectivity index (χ1n) is 7.07. The number of nitrogens with zero attached hydrogens (tertiary/aromatic N) is 1. The van der Waals surface area contributed by atoms with Gasteiger partial charge in [0, 0.05) is 26.1 Å². The van der Waals surface area contributed by atoms with Crippen LogP contribution in [0, 0.1) is 5.92 Å². The Morgan fingerprint density at radius 3 is 2.29 bits per heavy atom. The van der Waals surface area contributed by atoms with Crippen molar-refractivity contribution in [3.05, 3.63) is 35.4 Å². The van der Waals surface area contributed by atoms with Gasteiger partial charge in [-0.05, 0) is 25.1 Å². The number of carboxylic acid groups (broad SMARTS) is 1. The van der Waals surface area contributed by atoms with Gasteiger partial charge in [-0.2, -0.15) is 0 Å². The SMILES string of the molecule is CNC(=O)C(C)CN(C)Cc1ccc(C(C)C(=O)O)cc1. The normalized spacial score (nSPS) is 13.8. The van der Waals surface area contributed by atoms with Crippen molar-refractivity contribution in [3.63, 3.8) is 0 Å². The quantitative estimate of drug-likeness (QED) is 0.802. The largest absolute Gasteiger partial charge is 0.481 e. The topological polar surface area (TPSA) is 69.6 Å². The Kier molecular flexibility index (Phi) is 6.37. The highest BCUT2D eigenvalue weighted by Crippen LogP contribution is 2.16. The molecule has 5 heteroatoms. The molecule has 0 aliphatic heterocycles. The first-order valence-corrected chi connectivity index (χ1v) is 7.07. The molecule has 0 spiro atoms. The second-order valence-electron chi connectivity index (χ2n) is 5.51. The van der Waals surface area contributed by atoms with Crippen LogP contribution in [0.25, 0.3) is 0 Å². The van der Waals surface area contributed by atoms with Crippen molar-refractivity contribution >= 4 is 11.9 Å². The maximum absolute atomic E-state index is 11.5. The fraction of sp³-hybridized carbons (Fsp3) is 0.500. The van der Waals surface area contributed by atoms with Gasteiger partial charge in [-0.1, -0.05) is 31.2 Å². The first kappa shape index (κ1) is 17.2. The van der Waals surface area contributed by atoms with Crippen LogP contribution in [-0.4, -0.2) is 42.5 Å². The molecule has 0 aliphatic rings. The van der Waals surface area contributed by atoms with Crippen LogP contribution in [0.5, 0.6) is 0 Å². The van der Waals surface area contributed by atoms with E-state index in [2.05, 4.69) is 10.2 Å². The second-order valence-corrected chi connectivity index (χ2v) is 5.51. The van der Waals surface area contributed by atoms with Gasteiger partial charge in [0.1, 0.15) is 0 Å². The Labute approximate surface area is 126 Å². The second kappa shape index (κ2) is 7.78. The van der Waals surface area contributed by atoms with E-state index in [0.29, 0.717) is 6.54 Å². The van der Waals surface area contributed by atoms with Crippen LogP contribution in [0.3, 0.4) is 0 Å². The van der Waals surface area contributed by atoms with E-state index in [4.69, 9.17) is 5.11 Å². The fourth-order valence-corrected chi connectivity index (χ4v) is 2.23. The Balaban J connectivity index is 2.59. The van der Waals surface area contributed by atoms with Gasteiger partial charge in [0.2, 0.25) is 5.91 Å². The highest BCUT2D eigenvalue weighted by Gasteiger charge is 2.15. The van der Waals surface area contributed by atoms with Crippen LogP contribution in [-0.2, 0) is 16.1 Å². The molecule has 116 valence electrons. The van der Waals surface area contributed by atoms with Gasteiger partial charge in [0.15, 0.2) is 0 Å². The minimum absolute atomic E-state index is 0.0347. The summed E-state index contributed by atoms with van der Waals surface area (Å²) in [5.74, 6) is -1.34. The smallest absolute Gasteiger partial charge is 0.310 e. The summed E-state index contributed by atoms with van der Waals surface area (Å²) in [6, 6.07) is 7.58. The number of carboxylic acids is 1. The zero-order valence-electron chi connectivity index (χ0n) is 13.1. The zero-order valence-corrected chi connectivity index (χ0v) is 13.1. The van der Waals surface area contributed by atoms with Crippen LogP contribution in [0.1, 0.15) is 30.9 Å². The molecule has 0 saturated carbocycles. The Hall–Kier alpha value is -1.88. The molecule has 1 rings (SSSR count). The van der Waals surface area contributed by atoms with Crippen molar-refractivity contribution in [1.82, 2.24) is 10.2 Å². The maximum atomic E-state index is 11.5. The van der Waals surface area contributed by atoms with E-state index in [-0.39, 0.29) is 11.8 Å². The molecule has 0 saturated heterocycles. The lowest BCUT2D eigenvalue weighted by molar-refractivity contribution is -0.138. The van der Waals surface area contributed by atoms with Gasteiger partial charge in [-0.15, -0.1) is 0 Å². The molecule has 2 N–H and O–H groups in total. The van der Waals surface area contributed by atoms with Gasteiger partial charge in [0.05, 0.1) is 5.92 Å². The third-order valence-electron chi connectivity index (χ3n) is 3.58. The summed E-state index contributed by atoms with van der Waals surface area (Å²) >= 11 is 0. The lowest BCUT2D eigenvalue weighted by Crippen LogP contribution is -2.34. The van der Waals surface area contributed by atoms with Crippen LogP contribution < -0.4 is 5.32 Å². The summed E-state index contributed by atoms with van der Waals surface area (Å²) in [4.78, 5) is 24.5. The van der Waals surface area contributed by atoms with E-state index in [0.717, 1.165) is 17.7 Å². The van der Waals surface area contributed by atoms with Gasteiger partial charge in [-0.3, -0.25) is 9.59 Å². The number of rotatable bonds is 7. The van der Waals surface area contributed by atoms with E-state index < -0.39 is 11.9 Å². The van der Waals surface area contributed by atoms with Crippen molar-refractivity contribution in [3.8, 4) is 0 Å². The predicted molar refractivity (Wildman–Crippen MR) is 82.1 cm³/mol. The molecule has 5 nitrogen and oxygen atoms in total. The average Bonchev–Trinajstić information content (AvgIpc) is 2.46. The number of amides is 1. The first-order chi connectivity index (χ1) is 9.85. The Morgan fingerprint density at radius 2 is 1.81 bits per heavy atom. The highest BCUT2D eigenvalue weighted by molar-refractivity contribution is 5.78. The molecule has 21 heavy (non-hydrogen) atoms. The third-order valence-corrected chi connectivity index (χ3v) is 3.58. The minimum atomic E-state index is -0.820. The molecular formula is C16H24N2O3. The predicted octanol–water partition coefficient (Wildman–Crippen LogP) is 1.69. The molecule has 0 heterocycles. The van der Waals surface area contributed by atoms with Gasteiger partial charge in [-0.25, -0.2) is 0 Å². The molecule has 2 atom stereocenters. The van der Waals surface area contributed by atoms with Gasteiger partial charge < -0.3 is 15.3 Å². The third kappa shape index (κ3) is 5.19. The van der Waals surface area contributed by atoms with E-state index in [9.17, 15) is 9.59 Å². The highest BCUT2D eigenvalue weighted by atomic mass is 16.4. The lowest BCUT2D eigenvalue weighted by atomic mass is 10.00.